The van der Waals surface area contributed by atoms with E-state index in [-0.39, 0.29) is 24.7 Å². The van der Waals surface area contributed by atoms with Gasteiger partial charge in [-0.05, 0) is 91.7 Å². The van der Waals surface area contributed by atoms with Crippen LogP contribution in [0.1, 0.15) is 38.8 Å². The molecule has 1 amide bonds. The van der Waals surface area contributed by atoms with E-state index in [9.17, 15) is 14.9 Å². The van der Waals surface area contributed by atoms with Crippen LogP contribution in [0.5, 0.6) is 17.2 Å². The minimum absolute atomic E-state index is 0.00859. The van der Waals surface area contributed by atoms with Crippen LogP contribution in [-0.4, -0.2) is 28.7 Å². The Hall–Kier alpha value is -5.84. The number of methoxy groups -OCH3 is 1. The average Bonchev–Trinajstić information content (AvgIpc) is 3.65. The Labute approximate surface area is 253 Å². The van der Waals surface area contributed by atoms with E-state index in [4.69, 9.17) is 18.6 Å². The van der Waals surface area contributed by atoms with Gasteiger partial charge in [-0.2, -0.15) is 5.10 Å². The molecule has 2 aromatic heterocycles. The first kappa shape index (κ1) is 29.6. The van der Waals surface area contributed by atoms with Crippen molar-refractivity contribution in [1.82, 2.24) is 9.99 Å². The van der Waals surface area contributed by atoms with Gasteiger partial charge in [-0.15, -0.1) is 0 Å². The highest BCUT2D eigenvalue weighted by atomic mass is 16.6. The number of hydrogen-bond donors (Lipinski definition) is 1. The monoisotopic (exact) mass is 594 g/mol. The molecular formula is C33H30N4O7. The number of rotatable bonds is 12. The van der Waals surface area contributed by atoms with E-state index in [0.717, 1.165) is 17.1 Å². The van der Waals surface area contributed by atoms with Gasteiger partial charge in [-0.25, -0.2) is 5.43 Å². The quantitative estimate of drug-likeness (QED) is 0.0988. The second-order valence-electron chi connectivity index (χ2n) is 9.83. The summed E-state index contributed by atoms with van der Waals surface area (Å²) >= 11 is 0. The van der Waals surface area contributed by atoms with Crippen LogP contribution in [0.2, 0.25) is 0 Å². The highest BCUT2D eigenvalue weighted by Crippen LogP contribution is 2.29. The molecular weight excluding hydrogens is 564 g/mol. The second-order valence-corrected chi connectivity index (χ2v) is 9.83. The zero-order valence-electron chi connectivity index (χ0n) is 24.4. The smallest absolute Gasteiger partial charge is 0.307 e. The van der Waals surface area contributed by atoms with E-state index in [1.54, 1.807) is 42.5 Å². The summed E-state index contributed by atoms with van der Waals surface area (Å²) in [6.45, 7) is 4.41. The maximum absolute atomic E-state index is 12.5. The summed E-state index contributed by atoms with van der Waals surface area (Å²) in [6, 6.07) is 26.5. The minimum atomic E-state index is -0.516. The van der Waals surface area contributed by atoms with Gasteiger partial charge in [0.05, 0.1) is 18.2 Å². The van der Waals surface area contributed by atoms with Crippen molar-refractivity contribution in [3.63, 3.8) is 0 Å². The Bertz CT molecular complexity index is 1790. The first-order valence-electron chi connectivity index (χ1n) is 13.6. The number of nitro benzene ring substituents is 1. The number of nitrogens with one attached hydrogen (secondary N) is 1. The van der Waals surface area contributed by atoms with E-state index in [1.807, 2.05) is 24.3 Å². The van der Waals surface area contributed by atoms with E-state index >= 15 is 0 Å². The van der Waals surface area contributed by atoms with Gasteiger partial charge in [0, 0.05) is 29.2 Å². The van der Waals surface area contributed by atoms with Crippen LogP contribution in [0, 0.1) is 24.0 Å². The number of nitrogens with zero attached hydrogens (tertiary/aromatic N) is 3. The van der Waals surface area contributed by atoms with Crippen LogP contribution in [0.15, 0.2) is 101 Å². The zero-order valence-corrected chi connectivity index (χ0v) is 24.4. The summed E-state index contributed by atoms with van der Waals surface area (Å²) in [5.41, 5.74) is 7.09. The Morgan fingerprint density at radius 3 is 2.43 bits per heavy atom. The number of aromatic nitrogens is 1. The van der Waals surface area contributed by atoms with Gasteiger partial charge in [0.15, 0.2) is 17.3 Å². The van der Waals surface area contributed by atoms with Gasteiger partial charge < -0.3 is 23.2 Å². The minimum Gasteiger partial charge on any atom is -0.493 e. The molecule has 0 saturated carbocycles. The standard InChI is InChI=1S/C33H30N4O7/c1-22-7-8-23(2)36(22)26-10-12-28(13-11-26)42-21-29-14-16-31(44-29)33(38)35-34-19-24-9-15-30(32(18-24)41-3)43-20-25-5-4-6-27(17-25)37(39)40/h4-19H,20-21H2,1-3H3,(H,35,38)/b34-19+. The Kier molecular flexibility index (Phi) is 9.05. The van der Waals surface area contributed by atoms with Crippen molar-refractivity contribution in [3.8, 4) is 22.9 Å². The van der Waals surface area contributed by atoms with Crippen LogP contribution in [0.4, 0.5) is 5.69 Å². The van der Waals surface area contributed by atoms with Crippen molar-refractivity contribution < 1.29 is 28.3 Å². The third-order valence-corrected chi connectivity index (χ3v) is 6.72. The van der Waals surface area contributed by atoms with Crippen LogP contribution < -0.4 is 19.6 Å². The lowest BCUT2D eigenvalue weighted by atomic mass is 10.2. The molecule has 0 atom stereocenters. The maximum atomic E-state index is 12.5. The van der Waals surface area contributed by atoms with Crippen molar-refractivity contribution >= 4 is 17.8 Å². The molecule has 11 nitrogen and oxygen atoms in total. The number of amides is 1. The molecule has 44 heavy (non-hydrogen) atoms. The largest absolute Gasteiger partial charge is 0.493 e. The molecule has 1 N–H and O–H groups in total. The van der Waals surface area contributed by atoms with Gasteiger partial charge in [0.2, 0.25) is 0 Å². The molecule has 11 heteroatoms. The number of carbonyl (C=O) groups is 1. The topological polar surface area (TPSA) is 130 Å². The number of hydrazone groups is 1. The molecule has 5 aromatic rings. The van der Waals surface area contributed by atoms with Crippen LogP contribution in [-0.2, 0) is 13.2 Å². The summed E-state index contributed by atoms with van der Waals surface area (Å²) in [5, 5.41) is 15.0. The first-order valence-corrected chi connectivity index (χ1v) is 13.6. The van der Waals surface area contributed by atoms with E-state index < -0.39 is 10.8 Å². The lowest BCUT2D eigenvalue weighted by Gasteiger charge is -2.11. The van der Waals surface area contributed by atoms with E-state index in [2.05, 4.69) is 41.1 Å². The summed E-state index contributed by atoms with van der Waals surface area (Å²) in [7, 11) is 1.50. The number of furan rings is 1. The van der Waals surface area contributed by atoms with Gasteiger partial charge in [-0.1, -0.05) is 12.1 Å². The number of non-ortho nitro benzene ring substituents is 1. The number of nitro groups is 1. The normalized spacial score (nSPS) is 11.0. The SMILES string of the molecule is COc1cc(/C=N/NC(=O)c2ccc(COc3ccc(-n4c(C)ccc4C)cc3)o2)ccc1OCc1cccc([N+](=O)[O-])c1. The number of carbonyl (C=O) groups excluding carboxylic acids is 1. The number of hydrogen-bond acceptors (Lipinski definition) is 8. The molecule has 5 rings (SSSR count). The van der Waals surface area contributed by atoms with Crippen molar-refractivity contribution in [2.24, 2.45) is 5.10 Å². The molecule has 0 spiro atoms. The van der Waals surface area contributed by atoms with Crippen molar-refractivity contribution in [2.45, 2.75) is 27.1 Å². The van der Waals surface area contributed by atoms with Crippen LogP contribution >= 0.6 is 0 Å². The fourth-order valence-electron chi connectivity index (χ4n) is 4.52. The van der Waals surface area contributed by atoms with Crippen LogP contribution in [0.25, 0.3) is 5.69 Å². The molecule has 0 radical (unpaired) electrons. The van der Waals surface area contributed by atoms with Gasteiger partial charge in [0.25, 0.3) is 5.69 Å². The maximum Gasteiger partial charge on any atom is 0.307 e. The molecule has 0 unspecified atom stereocenters. The fraction of sp³-hybridized carbons (Fsp3) is 0.152. The molecule has 0 aliphatic heterocycles. The Morgan fingerprint density at radius 2 is 1.70 bits per heavy atom. The molecule has 224 valence electrons. The predicted octanol–water partition coefficient (Wildman–Crippen LogP) is 6.53. The van der Waals surface area contributed by atoms with E-state index in [0.29, 0.717) is 34.1 Å². The van der Waals surface area contributed by atoms with Crippen molar-refractivity contribution in [3.05, 3.63) is 135 Å². The lowest BCUT2D eigenvalue weighted by molar-refractivity contribution is -0.384. The van der Waals surface area contributed by atoms with Gasteiger partial charge in [0.1, 0.15) is 24.7 Å². The molecule has 0 aliphatic rings. The molecule has 0 aliphatic carbocycles. The third-order valence-electron chi connectivity index (χ3n) is 6.72. The zero-order chi connectivity index (χ0) is 31.1. The first-order chi connectivity index (χ1) is 21.3. The Balaban J connectivity index is 1.12. The summed E-state index contributed by atoms with van der Waals surface area (Å²) < 4.78 is 24.8. The predicted molar refractivity (Wildman–Crippen MR) is 164 cm³/mol. The molecule has 0 fully saturated rings. The lowest BCUT2D eigenvalue weighted by Crippen LogP contribution is -2.16. The molecule has 0 saturated heterocycles. The average molecular weight is 595 g/mol. The summed E-state index contributed by atoms with van der Waals surface area (Å²) in [4.78, 5) is 23.1. The molecule has 3 aromatic carbocycles. The molecule has 2 heterocycles. The van der Waals surface area contributed by atoms with Gasteiger partial charge in [-0.3, -0.25) is 14.9 Å². The summed E-state index contributed by atoms with van der Waals surface area (Å²) in [6.07, 6.45) is 1.46. The third kappa shape index (κ3) is 7.13. The summed E-state index contributed by atoms with van der Waals surface area (Å²) in [5.74, 6) is 1.64. The van der Waals surface area contributed by atoms with Crippen molar-refractivity contribution in [1.29, 1.82) is 0 Å². The number of aryl methyl sites for hydroxylation is 2. The highest BCUT2D eigenvalue weighted by Gasteiger charge is 2.12. The van der Waals surface area contributed by atoms with E-state index in [1.165, 1.54) is 25.5 Å². The van der Waals surface area contributed by atoms with Crippen molar-refractivity contribution in [2.75, 3.05) is 7.11 Å². The number of benzene rings is 3. The Morgan fingerprint density at radius 1 is 0.932 bits per heavy atom. The van der Waals surface area contributed by atoms with Crippen LogP contribution in [0.3, 0.4) is 0 Å². The van der Waals surface area contributed by atoms with Gasteiger partial charge >= 0.3 is 5.91 Å². The molecule has 0 bridgehead atoms. The number of ether oxygens (including phenoxy) is 3. The fourth-order valence-corrected chi connectivity index (χ4v) is 4.52. The second kappa shape index (κ2) is 13.4. The highest BCUT2D eigenvalue weighted by molar-refractivity contribution is 5.92.